The van der Waals surface area contributed by atoms with Crippen molar-refractivity contribution < 1.29 is 0 Å². The number of hydrogen-bond donors (Lipinski definition) is 0. The molecule has 0 saturated heterocycles. The Bertz CT molecular complexity index is 242. The Morgan fingerprint density at radius 3 is 2.90 bits per heavy atom. The molecule has 0 N–H and O–H groups in total. The van der Waals surface area contributed by atoms with E-state index in [0.29, 0.717) is 0 Å². The van der Waals surface area contributed by atoms with Gasteiger partial charge in [0.1, 0.15) is 0 Å². The molecule has 10 heavy (non-hydrogen) atoms. The van der Waals surface area contributed by atoms with Gasteiger partial charge < -0.3 is 0 Å². The van der Waals surface area contributed by atoms with Gasteiger partial charge in [0.2, 0.25) is 0 Å². The van der Waals surface area contributed by atoms with Crippen molar-refractivity contribution in [3.63, 3.8) is 0 Å². The van der Waals surface area contributed by atoms with Gasteiger partial charge in [-0.05, 0) is 6.42 Å². The first kappa shape index (κ1) is 6.02. The van der Waals surface area contributed by atoms with Gasteiger partial charge in [-0.1, -0.05) is 48.4 Å². The van der Waals surface area contributed by atoms with Crippen molar-refractivity contribution in [1.29, 1.82) is 0 Å². The van der Waals surface area contributed by atoms with E-state index in [9.17, 15) is 0 Å². The topological polar surface area (TPSA) is 0 Å². The molecule has 1 aromatic carbocycles. The summed E-state index contributed by atoms with van der Waals surface area (Å²) in [6.45, 7) is 3.11. The Hall–Kier alpha value is -0.715. The maximum atomic E-state index is 2.31. The van der Waals surface area contributed by atoms with Gasteiger partial charge in [0.05, 0.1) is 0 Å². The number of benzene rings is 1. The first-order valence-corrected chi connectivity index (χ1v) is 3.96. The number of aryl methyl sites for hydroxylation is 1. The van der Waals surface area contributed by atoms with E-state index < -0.39 is 0 Å². The zero-order chi connectivity index (χ0) is 6.97. The predicted octanol–water partition coefficient (Wildman–Crippen LogP) is 1.57. The third kappa shape index (κ3) is 0.774. The summed E-state index contributed by atoms with van der Waals surface area (Å²) in [6, 6.07) is 8.78. The van der Waals surface area contributed by atoms with Crippen molar-refractivity contribution in [3.8, 4) is 0 Å². The molecule has 1 heterocycles. The molecule has 0 atom stereocenters. The molecule has 50 valence electrons. The number of hydrogen-bond acceptors (Lipinski definition) is 0. The minimum absolute atomic E-state index is 0.802. The average Bonchev–Trinajstić information content (AvgIpc) is 2.34. The van der Waals surface area contributed by atoms with Gasteiger partial charge in [0, 0.05) is 0 Å². The van der Waals surface area contributed by atoms with Crippen LogP contribution in [0.2, 0.25) is 13.1 Å². The minimum Gasteiger partial charge on any atom is -0.0817 e. The van der Waals surface area contributed by atoms with E-state index >= 15 is 0 Å². The zero-order valence-electron chi connectivity index (χ0n) is 6.30. The molecule has 0 aromatic heterocycles. The van der Waals surface area contributed by atoms with Crippen LogP contribution in [0.3, 0.4) is 0 Å². The Morgan fingerprint density at radius 2 is 2.10 bits per heavy atom. The predicted molar refractivity (Wildman–Crippen MR) is 46.2 cm³/mol. The van der Waals surface area contributed by atoms with Gasteiger partial charge >= 0.3 is 0 Å². The summed E-state index contributed by atoms with van der Waals surface area (Å²) in [7, 11) is 0. The minimum atomic E-state index is 0.802. The molecule has 0 aliphatic carbocycles. The molecule has 0 amide bonds. The first-order chi connectivity index (χ1) is 4.88. The van der Waals surface area contributed by atoms with Crippen molar-refractivity contribution in [1.82, 2.24) is 0 Å². The van der Waals surface area contributed by atoms with Crippen molar-refractivity contribution >= 4 is 12.2 Å². The molecule has 0 saturated carbocycles. The molecular weight excluding hydrogens is 119 g/mol. The largest absolute Gasteiger partial charge is 0.173 e. The van der Waals surface area contributed by atoms with Crippen LogP contribution in [0.5, 0.6) is 0 Å². The summed E-state index contributed by atoms with van der Waals surface area (Å²) in [6.07, 6.45) is 2.64. The second-order valence-corrected chi connectivity index (χ2v) is 3.14. The lowest BCUT2D eigenvalue weighted by atomic mass is 9.48. The van der Waals surface area contributed by atoms with Crippen LogP contribution in [0.4, 0.5) is 0 Å². The fourth-order valence-electron chi connectivity index (χ4n) is 1.77. The summed E-state index contributed by atoms with van der Waals surface area (Å²) in [5.74, 6) is 0. The molecule has 1 heteroatoms. The molecule has 2 rings (SSSR count). The van der Waals surface area contributed by atoms with Crippen LogP contribution in [0.1, 0.15) is 5.56 Å². The highest BCUT2D eigenvalue weighted by Crippen LogP contribution is 2.12. The van der Waals surface area contributed by atoms with Gasteiger partial charge in [0.25, 0.3) is 0 Å². The summed E-state index contributed by atoms with van der Waals surface area (Å²) in [4.78, 5) is 0. The third-order valence-corrected chi connectivity index (χ3v) is 2.43. The third-order valence-electron chi connectivity index (χ3n) is 2.43. The van der Waals surface area contributed by atoms with Crippen LogP contribution >= 0.6 is 0 Å². The molecule has 0 fully saturated rings. The van der Waals surface area contributed by atoms with Gasteiger partial charge in [-0.25, -0.2) is 0 Å². The van der Waals surface area contributed by atoms with Crippen molar-refractivity contribution in [2.75, 3.05) is 0 Å². The smallest absolute Gasteiger partial charge is 0.0817 e. The molecule has 0 spiro atoms. The molecule has 0 radical (unpaired) electrons. The van der Waals surface area contributed by atoms with E-state index in [4.69, 9.17) is 0 Å². The lowest BCUT2D eigenvalue weighted by Gasteiger charge is -1.98. The monoisotopic (exact) mass is 130 g/mol. The fourth-order valence-corrected chi connectivity index (χ4v) is 1.77. The SMILES string of the molecule is CB1CCc2ccccc21. The van der Waals surface area contributed by atoms with E-state index in [1.54, 1.807) is 11.0 Å². The molecule has 0 bridgehead atoms. The van der Waals surface area contributed by atoms with Crippen molar-refractivity contribution in [2.45, 2.75) is 19.6 Å². The summed E-state index contributed by atoms with van der Waals surface area (Å²) < 4.78 is 0. The molecule has 1 aliphatic heterocycles. The lowest BCUT2D eigenvalue weighted by molar-refractivity contribution is 1.17. The maximum Gasteiger partial charge on any atom is 0.173 e. The molecule has 1 aromatic rings. The normalized spacial score (nSPS) is 15.5. The highest BCUT2D eigenvalue weighted by atomic mass is 14.0. The second-order valence-electron chi connectivity index (χ2n) is 3.14. The van der Waals surface area contributed by atoms with E-state index in [-0.39, 0.29) is 0 Å². The Labute approximate surface area is 62.3 Å². The Kier molecular flexibility index (Phi) is 1.30. The van der Waals surface area contributed by atoms with Crippen LogP contribution in [-0.2, 0) is 6.42 Å². The van der Waals surface area contributed by atoms with Crippen LogP contribution in [0.25, 0.3) is 0 Å². The second kappa shape index (κ2) is 2.15. The molecular formula is C9H11B. The summed E-state index contributed by atoms with van der Waals surface area (Å²) >= 11 is 0. The maximum absolute atomic E-state index is 2.31. The van der Waals surface area contributed by atoms with Gasteiger partial charge in [-0.2, -0.15) is 0 Å². The van der Waals surface area contributed by atoms with Gasteiger partial charge in [-0.3, -0.25) is 0 Å². The Morgan fingerprint density at radius 1 is 1.30 bits per heavy atom. The van der Waals surface area contributed by atoms with Crippen LogP contribution < -0.4 is 5.46 Å². The molecule has 1 aliphatic rings. The van der Waals surface area contributed by atoms with E-state index in [1.807, 2.05) is 0 Å². The van der Waals surface area contributed by atoms with Gasteiger partial charge in [-0.15, -0.1) is 0 Å². The highest BCUT2D eigenvalue weighted by Gasteiger charge is 2.19. The standard InChI is InChI=1S/C9H11B/c1-10-7-6-8-4-2-3-5-9(8)10/h2-5H,6-7H2,1H3. The van der Waals surface area contributed by atoms with Gasteiger partial charge in [0.15, 0.2) is 6.71 Å². The summed E-state index contributed by atoms with van der Waals surface area (Å²) in [5.41, 5.74) is 3.14. The lowest BCUT2D eigenvalue weighted by Crippen LogP contribution is -2.21. The Balaban J connectivity index is 2.51. The quantitative estimate of drug-likeness (QED) is 0.467. The van der Waals surface area contributed by atoms with E-state index in [0.717, 1.165) is 6.71 Å². The first-order valence-electron chi connectivity index (χ1n) is 3.96. The van der Waals surface area contributed by atoms with Crippen LogP contribution in [0, 0.1) is 0 Å². The zero-order valence-corrected chi connectivity index (χ0v) is 6.30. The molecule has 0 unspecified atom stereocenters. The fraction of sp³-hybridized carbons (Fsp3) is 0.333. The van der Waals surface area contributed by atoms with E-state index in [1.165, 1.54) is 12.7 Å². The van der Waals surface area contributed by atoms with Crippen molar-refractivity contribution in [2.24, 2.45) is 0 Å². The van der Waals surface area contributed by atoms with Crippen molar-refractivity contribution in [3.05, 3.63) is 29.8 Å². The highest BCUT2D eigenvalue weighted by molar-refractivity contribution is 6.73. The number of fused-ring (bicyclic) bond motifs is 1. The van der Waals surface area contributed by atoms with Crippen LogP contribution in [-0.4, -0.2) is 6.71 Å². The number of rotatable bonds is 0. The van der Waals surface area contributed by atoms with Crippen LogP contribution in [0.15, 0.2) is 24.3 Å². The molecule has 0 nitrogen and oxygen atoms in total. The summed E-state index contributed by atoms with van der Waals surface area (Å²) in [5, 5.41) is 0. The average molecular weight is 130 g/mol. The van der Waals surface area contributed by atoms with E-state index in [2.05, 4.69) is 31.1 Å².